The Morgan fingerprint density at radius 1 is 1.37 bits per heavy atom. The highest BCUT2D eigenvalue weighted by Crippen LogP contribution is 2.24. The third-order valence-electron chi connectivity index (χ3n) is 2.80. The zero-order chi connectivity index (χ0) is 14.6. The van der Waals surface area contributed by atoms with Gasteiger partial charge in [-0.3, -0.25) is 0 Å². The van der Waals surface area contributed by atoms with E-state index >= 15 is 0 Å². The fraction of sp³-hybridized carbons (Fsp3) is 0.417. The van der Waals surface area contributed by atoms with Crippen molar-refractivity contribution < 1.29 is 17.9 Å². The Hall–Kier alpha value is -1.27. The molecule has 0 saturated heterocycles. The molecule has 106 valence electrons. The highest BCUT2D eigenvalue weighted by molar-refractivity contribution is 7.94. The van der Waals surface area contributed by atoms with Crippen molar-refractivity contribution in [3.63, 3.8) is 0 Å². The normalized spacial score (nSPS) is 12.8. The van der Waals surface area contributed by atoms with Gasteiger partial charge in [0.15, 0.2) is 0 Å². The van der Waals surface area contributed by atoms with Gasteiger partial charge in [-0.2, -0.15) is 3.82 Å². The zero-order valence-electron chi connectivity index (χ0n) is 11.0. The number of rotatable bonds is 5. The minimum atomic E-state index is -3.60. The maximum atomic E-state index is 12.0. The molecule has 0 aliphatic rings. The first-order valence-corrected chi connectivity index (χ1v) is 7.57. The Bertz CT molecular complexity index is 541. The Labute approximate surface area is 118 Å². The molecule has 0 amide bonds. The number of halogens is 1. The van der Waals surface area contributed by atoms with Crippen LogP contribution in [0.1, 0.15) is 30.6 Å². The molecule has 5 nitrogen and oxygen atoms in total. The Kier molecular flexibility index (Phi) is 5.20. The van der Waals surface area contributed by atoms with Gasteiger partial charge in [0, 0.05) is 11.8 Å². The number of nitrogens with zero attached hydrogens (tertiary/aromatic N) is 1. The van der Waals surface area contributed by atoms with E-state index in [1.165, 1.54) is 31.4 Å². The molecular formula is C12H16ClNO4S. The SMILES string of the molecule is CCC(C)S(=O)(=O)N(Cl)c1ccc(C(=O)OC)cc1. The van der Waals surface area contributed by atoms with E-state index in [2.05, 4.69) is 4.74 Å². The van der Waals surface area contributed by atoms with Crippen LogP contribution in [0.3, 0.4) is 0 Å². The summed E-state index contributed by atoms with van der Waals surface area (Å²) in [6.07, 6.45) is 0.464. The van der Waals surface area contributed by atoms with E-state index in [0.29, 0.717) is 15.8 Å². The van der Waals surface area contributed by atoms with Crippen LogP contribution in [0, 0.1) is 0 Å². The van der Waals surface area contributed by atoms with Crippen molar-refractivity contribution in [1.29, 1.82) is 0 Å². The van der Waals surface area contributed by atoms with E-state index in [0.717, 1.165) is 0 Å². The standard InChI is InChI=1S/C12H16ClNO4S/c1-4-9(2)19(16,17)14(13)11-7-5-10(6-8-11)12(15)18-3/h5-9H,4H2,1-3H3. The number of anilines is 1. The molecule has 1 atom stereocenters. The molecule has 19 heavy (non-hydrogen) atoms. The van der Waals surface area contributed by atoms with Gasteiger partial charge in [-0.15, -0.1) is 0 Å². The van der Waals surface area contributed by atoms with Gasteiger partial charge in [0.1, 0.15) is 0 Å². The monoisotopic (exact) mass is 305 g/mol. The van der Waals surface area contributed by atoms with Gasteiger partial charge in [-0.1, -0.05) is 6.92 Å². The lowest BCUT2D eigenvalue weighted by molar-refractivity contribution is 0.0601. The van der Waals surface area contributed by atoms with Crippen molar-refractivity contribution in [3.05, 3.63) is 29.8 Å². The predicted octanol–water partition coefficient (Wildman–Crippen LogP) is 2.56. The Balaban J connectivity index is 3.02. The summed E-state index contributed by atoms with van der Waals surface area (Å²) in [7, 11) is -2.32. The lowest BCUT2D eigenvalue weighted by atomic mass is 10.2. The number of sulfonamides is 1. The van der Waals surface area contributed by atoms with Gasteiger partial charge < -0.3 is 4.74 Å². The molecule has 0 aliphatic heterocycles. The minimum absolute atomic E-state index is 0.287. The number of esters is 1. The summed E-state index contributed by atoms with van der Waals surface area (Å²) in [5.41, 5.74) is 0.617. The zero-order valence-corrected chi connectivity index (χ0v) is 12.5. The molecule has 0 aliphatic carbocycles. The summed E-state index contributed by atoms with van der Waals surface area (Å²) in [5.74, 6) is -0.488. The summed E-state index contributed by atoms with van der Waals surface area (Å²) < 4.78 is 29.3. The second-order valence-electron chi connectivity index (χ2n) is 4.02. The average molecular weight is 306 g/mol. The molecule has 0 aromatic heterocycles. The molecule has 0 fully saturated rings. The largest absolute Gasteiger partial charge is 0.465 e. The van der Waals surface area contributed by atoms with Gasteiger partial charge >= 0.3 is 5.97 Å². The van der Waals surface area contributed by atoms with E-state index in [-0.39, 0.29) is 5.69 Å². The minimum Gasteiger partial charge on any atom is -0.465 e. The number of carbonyl (C=O) groups excluding carboxylic acids is 1. The highest BCUT2D eigenvalue weighted by Gasteiger charge is 2.27. The van der Waals surface area contributed by atoms with Gasteiger partial charge in [0.05, 0.1) is 23.6 Å². The smallest absolute Gasteiger partial charge is 0.337 e. The molecule has 0 radical (unpaired) electrons. The lowest BCUT2D eigenvalue weighted by Crippen LogP contribution is -2.30. The number of hydrogen-bond acceptors (Lipinski definition) is 4. The van der Waals surface area contributed by atoms with Crippen LogP contribution in [-0.4, -0.2) is 26.7 Å². The summed E-state index contributed by atoms with van der Waals surface area (Å²) in [5, 5.41) is -0.578. The Morgan fingerprint density at radius 3 is 2.32 bits per heavy atom. The van der Waals surface area contributed by atoms with E-state index in [4.69, 9.17) is 11.8 Å². The average Bonchev–Trinajstić information content (AvgIpc) is 2.44. The maximum Gasteiger partial charge on any atom is 0.337 e. The molecule has 1 aromatic carbocycles. The molecule has 0 spiro atoms. The molecule has 1 rings (SSSR count). The van der Waals surface area contributed by atoms with Gasteiger partial charge in [-0.05, 0) is 37.6 Å². The van der Waals surface area contributed by atoms with Crippen molar-refractivity contribution in [2.24, 2.45) is 0 Å². The number of hydrogen-bond donors (Lipinski definition) is 0. The summed E-state index contributed by atoms with van der Waals surface area (Å²) in [6.45, 7) is 3.36. The van der Waals surface area contributed by atoms with Crippen molar-refractivity contribution in [2.45, 2.75) is 25.5 Å². The van der Waals surface area contributed by atoms with Gasteiger partial charge in [0.25, 0.3) is 10.0 Å². The fourth-order valence-corrected chi connectivity index (χ4v) is 3.02. The third kappa shape index (κ3) is 3.39. The lowest BCUT2D eigenvalue weighted by Gasteiger charge is -2.20. The molecule has 0 N–H and O–H groups in total. The molecule has 0 saturated carbocycles. The number of benzene rings is 1. The summed E-state index contributed by atoms with van der Waals surface area (Å²) >= 11 is 5.87. The van der Waals surface area contributed by atoms with Crippen LogP contribution in [0.4, 0.5) is 5.69 Å². The topological polar surface area (TPSA) is 63.7 Å². The first-order valence-electron chi connectivity index (χ1n) is 5.72. The van der Waals surface area contributed by atoms with Crippen LogP contribution in [0.5, 0.6) is 0 Å². The molecular weight excluding hydrogens is 290 g/mol. The summed E-state index contributed by atoms with van der Waals surface area (Å²) in [6, 6.07) is 5.84. The van der Waals surface area contributed by atoms with Crippen molar-refractivity contribution in [3.8, 4) is 0 Å². The number of methoxy groups -OCH3 is 1. The second kappa shape index (κ2) is 6.25. The summed E-state index contributed by atoms with van der Waals surface area (Å²) in [4.78, 5) is 11.3. The Morgan fingerprint density at radius 2 is 1.89 bits per heavy atom. The van der Waals surface area contributed by atoms with E-state index in [1.807, 2.05) is 0 Å². The van der Waals surface area contributed by atoms with Crippen LogP contribution in [0.15, 0.2) is 24.3 Å². The second-order valence-corrected chi connectivity index (χ2v) is 6.76. The third-order valence-corrected chi connectivity index (χ3v) is 5.58. The molecule has 7 heteroatoms. The molecule has 0 bridgehead atoms. The van der Waals surface area contributed by atoms with Gasteiger partial charge in [-0.25, -0.2) is 13.2 Å². The van der Waals surface area contributed by atoms with E-state index < -0.39 is 21.2 Å². The number of ether oxygens (including phenoxy) is 1. The quantitative estimate of drug-likeness (QED) is 0.619. The van der Waals surface area contributed by atoms with E-state index in [9.17, 15) is 13.2 Å². The molecule has 1 aromatic rings. The highest BCUT2D eigenvalue weighted by atomic mass is 35.5. The van der Waals surface area contributed by atoms with Crippen LogP contribution in [0.2, 0.25) is 0 Å². The van der Waals surface area contributed by atoms with Crippen molar-refractivity contribution in [2.75, 3.05) is 10.9 Å². The van der Waals surface area contributed by atoms with Crippen LogP contribution in [-0.2, 0) is 14.8 Å². The van der Waals surface area contributed by atoms with Crippen LogP contribution < -0.4 is 3.82 Å². The molecule has 1 unspecified atom stereocenters. The van der Waals surface area contributed by atoms with Crippen LogP contribution in [0.25, 0.3) is 0 Å². The van der Waals surface area contributed by atoms with Crippen LogP contribution >= 0.6 is 11.8 Å². The maximum absolute atomic E-state index is 12.0. The fourth-order valence-electron chi connectivity index (χ4n) is 1.35. The molecule has 0 heterocycles. The van der Waals surface area contributed by atoms with Crippen molar-refractivity contribution >= 4 is 33.5 Å². The first-order chi connectivity index (χ1) is 8.84. The van der Waals surface area contributed by atoms with E-state index in [1.54, 1.807) is 13.8 Å². The number of carbonyl (C=O) groups is 1. The first kappa shape index (κ1) is 15.8. The van der Waals surface area contributed by atoms with Crippen molar-refractivity contribution in [1.82, 2.24) is 0 Å². The van der Waals surface area contributed by atoms with Gasteiger partial charge in [0.2, 0.25) is 0 Å². The predicted molar refractivity (Wildman–Crippen MR) is 74.8 cm³/mol.